The van der Waals surface area contributed by atoms with Crippen molar-refractivity contribution in [3.8, 4) is 6.07 Å². The van der Waals surface area contributed by atoms with Crippen LogP contribution in [0, 0.1) is 11.3 Å². The van der Waals surface area contributed by atoms with Crippen molar-refractivity contribution in [2.45, 2.75) is 44.0 Å². The predicted octanol–water partition coefficient (Wildman–Crippen LogP) is 3.02. The second kappa shape index (κ2) is 10.1. The summed E-state index contributed by atoms with van der Waals surface area (Å²) >= 11 is 0. The number of anilines is 2. The number of nitriles is 1. The first-order valence-electron chi connectivity index (χ1n) is 9.65. The molecular formula is C21H26N4O4S. The lowest BCUT2D eigenvalue weighted by Gasteiger charge is -2.21. The van der Waals surface area contributed by atoms with Crippen molar-refractivity contribution in [3.63, 3.8) is 0 Å². The van der Waals surface area contributed by atoms with Crippen molar-refractivity contribution < 1.29 is 18.3 Å². The first kappa shape index (κ1) is 23.2. The molecule has 5 N–H and O–H groups in total. The van der Waals surface area contributed by atoms with Crippen molar-refractivity contribution in [3.05, 3.63) is 53.1 Å². The summed E-state index contributed by atoms with van der Waals surface area (Å²) in [4.78, 5) is 11.9. The van der Waals surface area contributed by atoms with E-state index in [9.17, 15) is 18.3 Å². The van der Waals surface area contributed by atoms with Gasteiger partial charge in [0.15, 0.2) is 6.04 Å². The summed E-state index contributed by atoms with van der Waals surface area (Å²) in [6, 6.07) is 10.1. The lowest BCUT2D eigenvalue weighted by molar-refractivity contribution is -0.138. The lowest BCUT2D eigenvalue weighted by atomic mass is 10.00. The number of hydrogen-bond acceptors (Lipinski definition) is 6. The van der Waals surface area contributed by atoms with Crippen molar-refractivity contribution in [1.29, 1.82) is 5.26 Å². The highest BCUT2D eigenvalue weighted by Gasteiger charge is 2.28. The molecule has 0 fully saturated rings. The van der Waals surface area contributed by atoms with Crippen molar-refractivity contribution in [2.75, 3.05) is 17.6 Å². The van der Waals surface area contributed by atoms with E-state index < -0.39 is 22.0 Å². The number of hydrogen-bond donors (Lipinski definition) is 4. The zero-order valence-corrected chi connectivity index (χ0v) is 17.8. The quantitative estimate of drug-likeness (QED) is 0.335. The van der Waals surface area contributed by atoms with Crippen molar-refractivity contribution in [2.24, 2.45) is 0 Å². The number of aliphatic carboxylic acids is 1. The molecule has 30 heavy (non-hydrogen) atoms. The van der Waals surface area contributed by atoms with Crippen LogP contribution in [0.3, 0.4) is 0 Å². The van der Waals surface area contributed by atoms with Gasteiger partial charge in [-0.05, 0) is 48.7 Å². The molecule has 9 heteroatoms. The molecule has 0 aliphatic rings. The second-order valence-corrected chi connectivity index (χ2v) is 8.54. The van der Waals surface area contributed by atoms with Gasteiger partial charge in [-0.2, -0.15) is 5.26 Å². The van der Waals surface area contributed by atoms with Crippen molar-refractivity contribution >= 4 is 27.4 Å². The fourth-order valence-corrected chi connectivity index (χ4v) is 4.20. The monoisotopic (exact) mass is 430 g/mol. The molecule has 2 rings (SSSR count). The Morgan fingerprint density at radius 1 is 1.23 bits per heavy atom. The summed E-state index contributed by atoms with van der Waals surface area (Å²) in [5.41, 5.74) is 7.79. The normalized spacial score (nSPS) is 12.2. The van der Waals surface area contributed by atoms with Crippen molar-refractivity contribution in [1.82, 2.24) is 4.72 Å². The van der Waals surface area contributed by atoms with Crippen LogP contribution >= 0.6 is 0 Å². The number of unbranched alkanes of at least 4 members (excludes halogenated alkanes) is 1. The zero-order valence-electron chi connectivity index (χ0n) is 17.0. The zero-order chi connectivity index (χ0) is 22.3. The maximum Gasteiger partial charge on any atom is 0.330 e. The maximum atomic E-state index is 12.8. The first-order valence-corrected chi connectivity index (χ1v) is 11.1. The molecule has 0 radical (unpaired) electrons. The molecule has 1 atom stereocenters. The summed E-state index contributed by atoms with van der Waals surface area (Å²) in [7, 11) is -3.89. The topological polar surface area (TPSA) is 145 Å². The Kier molecular flexibility index (Phi) is 7.80. The SMILES string of the molecule is CCCCNS(=O)(=O)c1cc(CC)cc(C(Nc2ccc(C#N)cc2)C(=O)O)c1N. The molecule has 0 saturated heterocycles. The van der Waals surface area contributed by atoms with E-state index in [2.05, 4.69) is 10.0 Å². The number of aryl methyl sites for hydroxylation is 1. The first-order chi connectivity index (χ1) is 14.2. The Hall–Kier alpha value is -3.09. The molecular weight excluding hydrogens is 404 g/mol. The number of carbonyl (C=O) groups is 1. The molecule has 0 saturated carbocycles. The van der Waals surface area contributed by atoms with E-state index in [1.54, 1.807) is 30.3 Å². The molecule has 0 aromatic heterocycles. The minimum Gasteiger partial charge on any atom is -0.479 e. The standard InChI is InChI=1S/C21H26N4O4S/c1-3-5-10-24-30(28,29)18-12-14(4-2)11-17(19(18)23)20(21(26)27)25-16-8-6-15(13-22)7-9-16/h6-9,11-12,20,24-25H,3-5,10,23H2,1-2H3,(H,26,27). The number of rotatable bonds is 10. The number of nitrogens with one attached hydrogen (secondary N) is 2. The molecule has 0 aliphatic heterocycles. The number of benzene rings is 2. The number of nitrogens with two attached hydrogens (primary N) is 1. The highest BCUT2D eigenvalue weighted by Crippen LogP contribution is 2.32. The number of sulfonamides is 1. The van der Waals surface area contributed by atoms with Crippen LogP contribution in [0.2, 0.25) is 0 Å². The molecule has 8 nitrogen and oxygen atoms in total. The largest absolute Gasteiger partial charge is 0.479 e. The molecule has 0 spiro atoms. The number of carboxylic acid groups (broad SMARTS) is 1. The Morgan fingerprint density at radius 2 is 1.90 bits per heavy atom. The van der Waals surface area contributed by atoms with Gasteiger partial charge in [-0.25, -0.2) is 17.9 Å². The minimum atomic E-state index is -3.89. The number of carboxylic acids is 1. The van der Waals surface area contributed by atoms with Gasteiger partial charge in [0.1, 0.15) is 4.90 Å². The van der Waals surface area contributed by atoms with Gasteiger partial charge in [0.25, 0.3) is 0 Å². The van der Waals surface area contributed by atoms with E-state index in [0.29, 0.717) is 29.7 Å². The van der Waals surface area contributed by atoms with Crippen LogP contribution in [0.15, 0.2) is 41.3 Å². The van der Waals surface area contributed by atoms with Crippen LogP contribution in [0.25, 0.3) is 0 Å². The van der Waals surface area contributed by atoms with Gasteiger partial charge in [0, 0.05) is 17.8 Å². The summed E-state index contributed by atoms with van der Waals surface area (Å²) in [6.07, 6.45) is 2.01. The second-order valence-electron chi connectivity index (χ2n) is 6.81. The third kappa shape index (κ3) is 5.49. The van der Waals surface area contributed by atoms with Crippen LogP contribution in [-0.4, -0.2) is 26.0 Å². The van der Waals surface area contributed by atoms with Gasteiger partial charge in [0.05, 0.1) is 17.3 Å². The summed E-state index contributed by atoms with van der Waals surface area (Å²) in [6.45, 7) is 4.07. The van der Waals surface area contributed by atoms with E-state index in [1.807, 2.05) is 19.9 Å². The molecule has 0 amide bonds. The smallest absolute Gasteiger partial charge is 0.330 e. The van der Waals surface area contributed by atoms with E-state index >= 15 is 0 Å². The Morgan fingerprint density at radius 3 is 2.43 bits per heavy atom. The maximum absolute atomic E-state index is 12.8. The Labute approximate surface area is 176 Å². The van der Waals surface area contributed by atoms with Gasteiger partial charge in [0.2, 0.25) is 10.0 Å². The van der Waals surface area contributed by atoms with Crippen LogP contribution in [-0.2, 0) is 21.2 Å². The van der Waals surface area contributed by atoms with Crippen LogP contribution in [0.4, 0.5) is 11.4 Å². The molecule has 2 aromatic carbocycles. The van der Waals surface area contributed by atoms with E-state index in [4.69, 9.17) is 11.0 Å². The van der Waals surface area contributed by atoms with Gasteiger partial charge in [-0.15, -0.1) is 0 Å². The van der Waals surface area contributed by atoms with E-state index in [0.717, 1.165) is 6.42 Å². The fourth-order valence-electron chi connectivity index (χ4n) is 2.91. The molecule has 160 valence electrons. The third-order valence-corrected chi connectivity index (χ3v) is 6.14. The van der Waals surface area contributed by atoms with Crippen LogP contribution in [0.1, 0.15) is 49.4 Å². The molecule has 0 heterocycles. The molecule has 0 bridgehead atoms. The fraction of sp³-hybridized carbons (Fsp3) is 0.333. The number of nitrogens with zero attached hydrogens (tertiary/aromatic N) is 1. The third-order valence-electron chi connectivity index (χ3n) is 4.64. The van der Waals surface area contributed by atoms with Crippen LogP contribution < -0.4 is 15.8 Å². The summed E-state index contributed by atoms with van der Waals surface area (Å²) < 4.78 is 28.1. The van der Waals surface area contributed by atoms with Gasteiger partial charge in [-0.3, -0.25) is 0 Å². The van der Waals surface area contributed by atoms with Gasteiger partial charge in [-0.1, -0.05) is 26.3 Å². The van der Waals surface area contributed by atoms with Gasteiger partial charge >= 0.3 is 5.97 Å². The Balaban J connectivity index is 2.50. The predicted molar refractivity (Wildman–Crippen MR) is 115 cm³/mol. The van der Waals surface area contributed by atoms with E-state index in [1.165, 1.54) is 6.07 Å². The van der Waals surface area contributed by atoms with Crippen LogP contribution in [0.5, 0.6) is 0 Å². The summed E-state index contributed by atoms with van der Waals surface area (Å²) in [5, 5.41) is 21.6. The Bertz CT molecular complexity index is 1040. The molecule has 0 aliphatic carbocycles. The average Bonchev–Trinajstić information content (AvgIpc) is 2.72. The lowest BCUT2D eigenvalue weighted by Crippen LogP contribution is -2.28. The summed E-state index contributed by atoms with van der Waals surface area (Å²) in [5.74, 6) is -1.21. The highest BCUT2D eigenvalue weighted by molar-refractivity contribution is 7.89. The molecule has 1 unspecified atom stereocenters. The highest BCUT2D eigenvalue weighted by atomic mass is 32.2. The minimum absolute atomic E-state index is 0.107. The number of nitrogen functional groups attached to an aromatic ring is 1. The average molecular weight is 431 g/mol. The van der Waals surface area contributed by atoms with E-state index in [-0.39, 0.29) is 22.7 Å². The molecule has 2 aromatic rings. The van der Waals surface area contributed by atoms with Gasteiger partial charge < -0.3 is 16.2 Å².